The van der Waals surface area contributed by atoms with Crippen LogP contribution in [0.2, 0.25) is 0 Å². The van der Waals surface area contributed by atoms with Crippen molar-refractivity contribution in [1.29, 1.82) is 0 Å². The van der Waals surface area contributed by atoms with Crippen molar-refractivity contribution in [2.45, 2.75) is 31.5 Å². The molecule has 0 aromatic carbocycles. The molecule has 1 aromatic rings. The van der Waals surface area contributed by atoms with Crippen molar-refractivity contribution in [3.63, 3.8) is 0 Å². The molecule has 1 amide bonds. The van der Waals surface area contributed by atoms with Gasteiger partial charge in [-0.3, -0.25) is 14.7 Å². The Labute approximate surface area is 124 Å². The van der Waals surface area contributed by atoms with Crippen molar-refractivity contribution in [2.75, 3.05) is 26.2 Å². The van der Waals surface area contributed by atoms with Crippen molar-refractivity contribution in [3.05, 3.63) is 30.1 Å². The van der Waals surface area contributed by atoms with E-state index >= 15 is 0 Å². The van der Waals surface area contributed by atoms with Crippen LogP contribution in [0, 0.1) is 5.92 Å². The summed E-state index contributed by atoms with van der Waals surface area (Å²) in [5.74, 6) is 0.913. The highest BCUT2D eigenvalue weighted by atomic mass is 16.5. The third kappa shape index (κ3) is 2.80. The minimum atomic E-state index is 0.175. The van der Waals surface area contributed by atoms with Crippen molar-refractivity contribution in [3.8, 4) is 0 Å². The van der Waals surface area contributed by atoms with Gasteiger partial charge >= 0.3 is 0 Å². The Bertz CT molecular complexity index is 518. The fourth-order valence-electron chi connectivity index (χ4n) is 3.43. The first-order valence-electron chi connectivity index (χ1n) is 7.82. The zero-order chi connectivity index (χ0) is 14.2. The number of hydrogen-bond donors (Lipinski definition) is 0. The number of rotatable bonds is 4. The highest BCUT2D eigenvalue weighted by Crippen LogP contribution is 2.33. The van der Waals surface area contributed by atoms with Crippen LogP contribution in [0.4, 0.5) is 0 Å². The maximum absolute atomic E-state index is 12.1. The van der Waals surface area contributed by atoms with Gasteiger partial charge in [-0.2, -0.15) is 0 Å². The summed E-state index contributed by atoms with van der Waals surface area (Å²) in [6, 6.07) is 4.35. The number of likely N-dealkylation sites (tertiary alicyclic amines) is 1. The van der Waals surface area contributed by atoms with Gasteiger partial charge in [0.05, 0.1) is 12.1 Å². The monoisotopic (exact) mass is 287 g/mol. The molecule has 3 heterocycles. The van der Waals surface area contributed by atoms with Crippen molar-refractivity contribution in [2.24, 2.45) is 5.92 Å². The molecule has 4 rings (SSSR count). The van der Waals surface area contributed by atoms with E-state index in [-0.39, 0.29) is 24.7 Å². The van der Waals surface area contributed by atoms with Crippen LogP contribution in [-0.4, -0.2) is 59.1 Å². The van der Waals surface area contributed by atoms with Gasteiger partial charge in [0.15, 0.2) is 0 Å². The van der Waals surface area contributed by atoms with E-state index in [1.165, 1.54) is 18.4 Å². The number of amides is 1. The lowest BCUT2D eigenvalue weighted by molar-refractivity contribution is -0.153. The molecular formula is C16H21N3O2. The first kappa shape index (κ1) is 13.2. The first-order chi connectivity index (χ1) is 10.3. The van der Waals surface area contributed by atoms with Gasteiger partial charge in [0.1, 0.15) is 6.61 Å². The number of ether oxygens (including phenoxy) is 1. The Hall–Kier alpha value is -1.46. The second-order valence-corrected chi connectivity index (χ2v) is 6.46. The van der Waals surface area contributed by atoms with Gasteiger partial charge in [0.25, 0.3) is 0 Å². The molecule has 5 heteroatoms. The van der Waals surface area contributed by atoms with Gasteiger partial charge in [0, 0.05) is 38.6 Å². The molecule has 21 heavy (non-hydrogen) atoms. The molecule has 0 N–H and O–H groups in total. The average Bonchev–Trinajstić information content (AvgIpc) is 3.22. The molecule has 0 radical (unpaired) electrons. The van der Waals surface area contributed by atoms with Crippen LogP contribution in [0.1, 0.15) is 18.4 Å². The molecule has 0 bridgehead atoms. The SMILES string of the molecule is O=C1CO[C@H]2CN(Cc3ccncc3)C[C@H]2N1CC1CC1. The van der Waals surface area contributed by atoms with E-state index in [0.717, 1.165) is 32.1 Å². The smallest absolute Gasteiger partial charge is 0.248 e. The zero-order valence-electron chi connectivity index (χ0n) is 12.1. The van der Waals surface area contributed by atoms with E-state index in [1.54, 1.807) is 0 Å². The van der Waals surface area contributed by atoms with Gasteiger partial charge < -0.3 is 9.64 Å². The normalized spacial score (nSPS) is 29.7. The number of morpholine rings is 1. The maximum Gasteiger partial charge on any atom is 0.248 e. The Morgan fingerprint density at radius 3 is 2.81 bits per heavy atom. The fourth-order valence-corrected chi connectivity index (χ4v) is 3.43. The summed E-state index contributed by atoms with van der Waals surface area (Å²) >= 11 is 0. The highest BCUT2D eigenvalue weighted by Gasteiger charge is 2.44. The van der Waals surface area contributed by atoms with Crippen molar-refractivity contribution < 1.29 is 9.53 Å². The predicted molar refractivity (Wildman–Crippen MR) is 77.5 cm³/mol. The van der Waals surface area contributed by atoms with Crippen molar-refractivity contribution >= 4 is 5.91 Å². The second-order valence-electron chi connectivity index (χ2n) is 6.46. The van der Waals surface area contributed by atoms with E-state index in [2.05, 4.69) is 26.9 Å². The Balaban J connectivity index is 1.43. The summed E-state index contributed by atoms with van der Waals surface area (Å²) in [6.07, 6.45) is 6.41. The van der Waals surface area contributed by atoms with E-state index in [4.69, 9.17) is 4.74 Å². The lowest BCUT2D eigenvalue weighted by atomic mass is 10.1. The van der Waals surface area contributed by atoms with E-state index < -0.39 is 0 Å². The lowest BCUT2D eigenvalue weighted by Crippen LogP contribution is -2.54. The maximum atomic E-state index is 12.1. The number of carbonyl (C=O) groups is 1. The van der Waals surface area contributed by atoms with Gasteiger partial charge in [-0.25, -0.2) is 0 Å². The largest absolute Gasteiger partial charge is 0.365 e. The highest BCUT2D eigenvalue weighted by molar-refractivity contribution is 5.78. The van der Waals surface area contributed by atoms with Gasteiger partial charge in [-0.1, -0.05) is 0 Å². The molecule has 2 saturated heterocycles. The van der Waals surface area contributed by atoms with Gasteiger partial charge in [-0.05, 0) is 36.5 Å². The van der Waals surface area contributed by atoms with E-state index in [0.29, 0.717) is 0 Å². The molecule has 1 saturated carbocycles. The Morgan fingerprint density at radius 1 is 1.24 bits per heavy atom. The molecule has 3 fully saturated rings. The molecule has 0 unspecified atom stereocenters. The third-order valence-electron chi connectivity index (χ3n) is 4.76. The number of nitrogens with zero attached hydrogens (tertiary/aromatic N) is 3. The zero-order valence-corrected chi connectivity index (χ0v) is 12.1. The molecule has 3 aliphatic rings. The molecule has 1 aliphatic carbocycles. The predicted octanol–water partition coefficient (Wildman–Crippen LogP) is 0.903. The van der Waals surface area contributed by atoms with E-state index in [1.807, 2.05) is 12.4 Å². The molecular weight excluding hydrogens is 266 g/mol. The molecule has 5 nitrogen and oxygen atoms in total. The summed E-state index contributed by atoms with van der Waals surface area (Å²) < 4.78 is 5.77. The van der Waals surface area contributed by atoms with Crippen LogP contribution in [0.3, 0.4) is 0 Å². The minimum absolute atomic E-state index is 0.175. The first-order valence-corrected chi connectivity index (χ1v) is 7.82. The van der Waals surface area contributed by atoms with Gasteiger partial charge in [0.2, 0.25) is 5.91 Å². The molecule has 1 aromatic heterocycles. The number of fused-ring (bicyclic) bond motifs is 1. The van der Waals surface area contributed by atoms with Crippen LogP contribution in [-0.2, 0) is 16.1 Å². The summed E-state index contributed by atoms with van der Waals surface area (Å²) in [5, 5.41) is 0. The van der Waals surface area contributed by atoms with Crippen LogP contribution in [0.25, 0.3) is 0 Å². The molecule has 2 aliphatic heterocycles. The number of carbonyl (C=O) groups excluding carboxylic acids is 1. The third-order valence-corrected chi connectivity index (χ3v) is 4.76. The molecule has 112 valence electrons. The summed E-state index contributed by atoms with van der Waals surface area (Å²) in [5.41, 5.74) is 1.27. The van der Waals surface area contributed by atoms with Crippen molar-refractivity contribution in [1.82, 2.24) is 14.8 Å². The summed E-state index contributed by atoms with van der Waals surface area (Å²) in [6.45, 7) is 3.95. The minimum Gasteiger partial charge on any atom is -0.365 e. The lowest BCUT2D eigenvalue weighted by Gasteiger charge is -2.36. The summed E-state index contributed by atoms with van der Waals surface area (Å²) in [7, 11) is 0. The van der Waals surface area contributed by atoms with E-state index in [9.17, 15) is 4.79 Å². The fraction of sp³-hybridized carbons (Fsp3) is 0.625. The Kier molecular flexibility index (Phi) is 3.39. The van der Waals surface area contributed by atoms with Gasteiger partial charge in [-0.15, -0.1) is 0 Å². The van der Waals surface area contributed by atoms with Crippen LogP contribution in [0.15, 0.2) is 24.5 Å². The molecule has 0 spiro atoms. The second kappa shape index (κ2) is 5.39. The van der Waals surface area contributed by atoms with Crippen LogP contribution < -0.4 is 0 Å². The summed E-state index contributed by atoms with van der Waals surface area (Å²) in [4.78, 5) is 20.7. The topological polar surface area (TPSA) is 45.7 Å². The quantitative estimate of drug-likeness (QED) is 0.825. The standard InChI is InChI=1S/C16H21N3O2/c20-16-11-21-15-10-18(7-13-3-5-17-6-4-13)9-14(15)19(16)8-12-1-2-12/h3-6,12,14-15H,1-2,7-11H2/t14-,15+/m1/s1. The Morgan fingerprint density at radius 2 is 2.05 bits per heavy atom. The number of pyridine rings is 1. The molecule has 2 atom stereocenters. The van der Waals surface area contributed by atoms with Crippen LogP contribution in [0.5, 0.6) is 0 Å². The number of aromatic nitrogens is 1. The average molecular weight is 287 g/mol. The number of hydrogen-bond acceptors (Lipinski definition) is 4. The van der Waals surface area contributed by atoms with Crippen LogP contribution >= 0.6 is 0 Å².